The molecule has 0 saturated carbocycles. The van der Waals surface area contributed by atoms with Crippen molar-refractivity contribution in [2.75, 3.05) is 13.7 Å². The zero-order chi connectivity index (χ0) is 15.0. The van der Waals surface area contributed by atoms with Crippen LogP contribution in [-0.2, 0) is 28.7 Å². The minimum atomic E-state index is -1.65. The Morgan fingerprint density at radius 3 is 2.32 bits per heavy atom. The summed E-state index contributed by atoms with van der Waals surface area (Å²) in [6, 6.07) is -3.18. The number of hydrogen-bond acceptors (Lipinski definition) is 7. The highest BCUT2D eigenvalue weighted by Crippen LogP contribution is 1.97. The van der Waals surface area contributed by atoms with E-state index in [4.69, 9.17) is 10.8 Å². The van der Waals surface area contributed by atoms with Crippen molar-refractivity contribution >= 4 is 23.8 Å². The molecule has 1 unspecified atom stereocenters. The third-order valence-electron chi connectivity index (χ3n) is 2.04. The van der Waals surface area contributed by atoms with Crippen molar-refractivity contribution in [3.63, 3.8) is 0 Å². The van der Waals surface area contributed by atoms with E-state index >= 15 is 0 Å². The molecule has 0 aliphatic carbocycles. The van der Waals surface area contributed by atoms with Crippen molar-refractivity contribution in [3.8, 4) is 0 Å². The van der Waals surface area contributed by atoms with Crippen LogP contribution in [0.2, 0.25) is 0 Å². The number of carboxylic acid groups (broad SMARTS) is 1. The highest BCUT2D eigenvalue weighted by Gasteiger charge is 2.29. The largest absolute Gasteiger partial charge is 0.480 e. The molecule has 9 nitrogen and oxygen atoms in total. The van der Waals surface area contributed by atoms with Crippen molar-refractivity contribution in [1.29, 1.82) is 0 Å². The van der Waals surface area contributed by atoms with Gasteiger partial charge in [0.15, 0.2) is 6.04 Å². The van der Waals surface area contributed by atoms with Crippen LogP contribution < -0.4 is 11.1 Å². The molecule has 0 heterocycles. The smallest absolute Gasteiger partial charge is 0.332 e. The molecule has 0 aliphatic rings. The maximum atomic E-state index is 11.5. The van der Waals surface area contributed by atoms with Gasteiger partial charge in [-0.15, -0.1) is 0 Å². The molecule has 1 amide bonds. The topological polar surface area (TPSA) is 145 Å². The maximum Gasteiger partial charge on any atom is 0.332 e. The van der Waals surface area contributed by atoms with Crippen molar-refractivity contribution in [1.82, 2.24) is 5.32 Å². The van der Waals surface area contributed by atoms with Crippen LogP contribution in [0.15, 0.2) is 0 Å². The van der Waals surface area contributed by atoms with Crippen LogP contribution in [0.1, 0.15) is 13.3 Å². The molecule has 0 aromatic rings. The minimum absolute atomic E-state index is 0.0321. The highest BCUT2D eigenvalue weighted by molar-refractivity contribution is 6.03. The van der Waals surface area contributed by atoms with Crippen LogP contribution in [0.4, 0.5) is 0 Å². The van der Waals surface area contributed by atoms with E-state index in [2.05, 4.69) is 9.47 Å². The van der Waals surface area contributed by atoms with Crippen LogP contribution >= 0.6 is 0 Å². The number of nitrogens with two attached hydrogens (primary N) is 1. The number of amides is 1. The van der Waals surface area contributed by atoms with Crippen LogP contribution in [0.5, 0.6) is 0 Å². The Morgan fingerprint density at radius 2 is 1.89 bits per heavy atom. The Kier molecular flexibility index (Phi) is 7.12. The van der Waals surface area contributed by atoms with Gasteiger partial charge in [-0.3, -0.25) is 9.59 Å². The van der Waals surface area contributed by atoms with Crippen LogP contribution in [0.3, 0.4) is 0 Å². The fraction of sp³-hybridized carbons (Fsp3) is 0.600. The number of ether oxygens (including phenoxy) is 2. The summed E-state index contributed by atoms with van der Waals surface area (Å²) in [4.78, 5) is 44.4. The first kappa shape index (κ1) is 16.8. The molecule has 0 aliphatic heterocycles. The summed E-state index contributed by atoms with van der Waals surface area (Å²) in [6.07, 6.45) is -0.576. The lowest BCUT2D eigenvalue weighted by Gasteiger charge is -2.16. The van der Waals surface area contributed by atoms with E-state index in [0.717, 1.165) is 7.11 Å². The first-order chi connectivity index (χ1) is 8.83. The molecule has 0 rings (SSSR count). The molecule has 2 atom stereocenters. The minimum Gasteiger partial charge on any atom is -0.480 e. The van der Waals surface area contributed by atoms with Gasteiger partial charge in [-0.05, 0) is 6.92 Å². The van der Waals surface area contributed by atoms with Gasteiger partial charge in [-0.2, -0.15) is 0 Å². The lowest BCUT2D eigenvalue weighted by Crippen LogP contribution is -2.52. The van der Waals surface area contributed by atoms with Crippen LogP contribution in [0.25, 0.3) is 0 Å². The van der Waals surface area contributed by atoms with Gasteiger partial charge in [0.25, 0.3) is 0 Å². The second kappa shape index (κ2) is 8.03. The summed E-state index contributed by atoms with van der Waals surface area (Å²) in [5.41, 5.74) is 5.26. The van der Waals surface area contributed by atoms with E-state index in [0.29, 0.717) is 0 Å². The van der Waals surface area contributed by atoms with Crippen molar-refractivity contribution < 1.29 is 33.8 Å². The van der Waals surface area contributed by atoms with E-state index in [1.807, 2.05) is 5.32 Å². The Balaban J connectivity index is 4.59. The van der Waals surface area contributed by atoms with Crippen LogP contribution in [0, 0.1) is 0 Å². The summed E-state index contributed by atoms with van der Waals surface area (Å²) in [5.74, 6) is -4.30. The monoisotopic (exact) mass is 276 g/mol. The van der Waals surface area contributed by atoms with E-state index in [-0.39, 0.29) is 6.61 Å². The van der Waals surface area contributed by atoms with Gasteiger partial charge in [-0.25, -0.2) is 9.59 Å². The molecule has 0 spiro atoms. The van der Waals surface area contributed by atoms with Gasteiger partial charge < -0.3 is 25.6 Å². The summed E-state index contributed by atoms with van der Waals surface area (Å²) in [7, 11) is 1.08. The van der Waals surface area contributed by atoms with Gasteiger partial charge >= 0.3 is 17.9 Å². The Bertz CT molecular complexity index is 369. The number of hydrogen-bond donors (Lipinski definition) is 3. The molecule has 108 valence electrons. The summed E-state index contributed by atoms with van der Waals surface area (Å²) in [5, 5.41) is 10.8. The van der Waals surface area contributed by atoms with Gasteiger partial charge in [-0.1, -0.05) is 0 Å². The fourth-order valence-corrected chi connectivity index (χ4v) is 1.05. The summed E-state index contributed by atoms with van der Waals surface area (Å²) in [6.45, 7) is 1.56. The SMILES string of the molecule is CCOC(=O)C(N)C(=O)N[C@@H](CC(=O)OC)C(=O)O. The molecule has 4 N–H and O–H groups in total. The lowest BCUT2D eigenvalue weighted by molar-refractivity contribution is -0.151. The van der Waals surface area contributed by atoms with E-state index in [1.165, 1.54) is 6.92 Å². The first-order valence-corrected chi connectivity index (χ1v) is 5.35. The van der Waals surface area contributed by atoms with Gasteiger partial charge in [0.05, 0.1) is 20.1 Å². The number of esters is 2. The van der Waals surface area contributed by atoms with Gasteiger partial charge in [0.2, 0.25) is 5.91 Å². The van der Waals surface area contributed by atoms with E-state index in [1.54, 1.807) is 0 Å². The summed E-state index contributed by atoms with van der Waals surface area (Å²) >= 11 is 0. The normalized spacial score (nSPS) is 13.0. The molecular weight excluding hydrogens is 260 g/mol. The average molecular weight is 276 g/mol. The van der Waals surface area contributed by atoms with E-state index < -0.39 is 42.3 Å². The van der Waals surface area contributed by atoms with Crippen molar-refractivity contribution in [2.24, 2.45) is 5.73 Å². The third-order valence-corrected chi connectivity index (χ3v) is 2.04. The number of methoxy groups -OCH3 is 1. The number of carbonyl (C=O) groups is 4. The van der Waals surface area contributed by atoms with Gasteiger partial charge in [0.1, 0.15) is 6.04 Å². The number of carbonyl (C=O) groups excluding carboxylic acids is 3. The molecule has 0 radical (unpaired) electrons. The van der Waals surface area contributed by atoms with Crippen molar-refractivity contribution in [2.45, 2.75) is 25.4 Å². The Labute approximate surface area is 109 Å². The number of aliphatic carboxylic acids is 1. The standard InChI is InChI=1S/C10H16N2O7/c1-3-19-10(17)7(11)8(14)12-5(9(15)16)4-6(13)18-2/h5,7H,3-4,11H2,1-2H3,(H,12,14)(H,15,16)/t5-,7?/m0/s1. The average Bonchev–Trinajstić information content (AvgIpc) is 2.36. The predicted octanol–water partition coefficient (Wildman–Crippen LogP) is -1.99. The number of carboxylic acids is 1. The first-order valence-electron chi connectivity index (χ1n) is 5.35. The molecule has 0 aromatic heterocycles. The second-order valence-corrected chi connectivity index (χ2v) is 3.41. The fourth-order valence-electron chi connectivity index (χ4n) is 1.05. The van der Waals surface area contributed by atoms with Crippen molar-refractivity contribution in [3.05, 3.63) is 0 Å². The lowest BCUT2D eigenvalue weighted by atomic mass is 10.2. The highest BCUT2D eigenvalue weighted by atomic mass is 16.5. The molecule has 9 heteroatoms. The Hall–Kier alpha value is -2.16. The van der Waals surface area contributed by atoms with E-state index in [9.17, 15) is 19.2 Å². The quantitative estimate of drug-likeness (QED) is 0.358. The molecule has 0 aromatic carbocycles. The molecule has 0 fully saturated rings. The Morgan fingerprint density at radius 1 is 1.32 bits per heavy atom. The second-order valence-electron chi connectivity index (χ2n) is 3.41. The molecule has 0 bridgehead atoms. The molecule has 0 saturated heterocycles. The van der Waals surface area contributed by atoms with Crippen LogP contribution in [-0.4, -0.2) is 54.7 Å². The maximum absolute atomic E-state index is 11.5. The number of nitrogens with one attached hydrogen (secondary N) is 1. The van der Waals surface area contributed by atoms with Gasteiger partial charge in [0, 0.05) is 0 Å². The predicted molar refractivity (Wildman–Crippen MR) is 60.8 cm³/mol. The molecular formula is C10H16N2O7. The molecule has 19 heavy (non-hydrogen) atoms. The third kappa shape index (κ3) is 5.82. The summed E-state index contributed by atoms with van der Waals surface area (Å²) < 4.78 is 8.79. The zero-order valence-electron chi connectivity index (χ0n) is 10.5. The zero-order valence-corrected chi connectivity index (χ0v) is 10.5. The number of rotatable bonds is 7.